The van der Waals surface area contributed by atoms with Crippen molar-refractivity contribution in [2.24, 2.45) is 5.10 Å². The summed E-state index contributed by atoms with van der Waals surface area (Å²) in [5.41, 5.74) is 4.25. The summed E-state index contributed by atoms with van der Waals surface area (Å²) in [6.45, 7) is 1.76. The van der Waals surface area contributed by atoms with Gasteiger partial charge in [0.2, 0.25) is 0 Å². The number of rotatable bonds is 5. The van der Waals surface area contributed by atoms with E-state index in [0.29, 0.717) is 10.8 Å². The van der Waals surface area contributed by atoms with Gasteiger partial charge in [-0.3, -0.25) is 4.79 Å². The number of amides is 1. The van der Waals surface area contributed by atoms with Gasteiger partial charge in [0.15, 0.2) is 6.61 Å². The van der Waals surface area contributed by atoms with Crippen LogP contribution in [0.4, 0.5) is 0 Å². The summed E-state index contributed by atoms with van der Waals surface area (Å²) >= 11 is 5.89. The first-order chi connectivity index (χ1) is 12.1. The van der Waals surface area contributed by atoms with Gasteiger partial charge in [0, 0.05) is 5.02 Å². The Balaban J connectivity index is 1.54. The van der Waals surface area contributed by atoms with E-state index in [0.717, 1.165) is 21.9 Å². The van der Waals surface area contributed by atoms with Crippen molar-refractivity contribution in [3.05, 3.63) is 76.8 Å². The number of carbonyl (C=O) groups is 1. The third-order valence-electron chi connectivity index (χ3n) is 3.67. The van der Waals surface area contributed by atoms with Crippen LogP contribution in [0.5, 0.6) is 5.75 Å². The summed E-state index contributed by atoms with van der Waals surface area (Å²) < 4.78 is 5.47. The summed E-state index contributed by atoms with van der Waals surface area (Å²) in [6.07, 6.45) is 1.61. The maximum Gasteiger partial charge on any atom is 0.277 e. The first-order valence-electron chi connectivity index (χ1n) is 7.81. The zero-order valence-corrected chi connectivity index (χ0v) is 14.5. The fourth-order valence-electron chi connectivity index (χ4n) is 2.42. The molecular formula is C20H17ClN2O2. The summed E-state index contributed by atoms with van der Waals surface area (Å²) in [5, 5.41) is 6.89. The molecule has 0 spiro atoms. The minimum atomic E-state index is -0.327. The third-order valence-corrected chi connectivity index (χ3v) is 3.91. The Morgan fingerprint density at radius 1 is 1.12 bits per heavy atom. The molecule has 4 nitrogen and oxygen atoms in total. The highest BCUT2D eigenvalue weighted by molar-refractivity contribution is 6.30. The van der Waals surface area contributed by atoms with E-state index in [1.54, 1.807) is 24.4 Å². The zero-order chi connectivity index (χ0) is 17.6. The smallest absolute Gasteiger partial charge is 0.277 e. The van der Waals surface area contributed by atoms with Crippen molar-refractivity contribution in [3.8, 4) is 5.75 Å². The number of aryl methyl sites for hydroxylation is 1. The van der Waals surface area contributed by atoms with Crippen molar-refractivity contribution >= 4 is 34.5 Å². The van der Waals surface area contributed by atoms with Gasteiger partial charge in [0.1, 0.15) is 5.75 Å². The number of nitrogens with one attached hydrogen (secondary N) is 1. The maximum absolute atomic E-state index is 11.8. The average molecular weight is 353 g/mol. The van der Waals surface area contributed by atoms with Crippen LogP contribution in [0.2, 0.25) is 5.02 Å². The Hall–Kier alpha value is -2.85. The van der Waals surface area contributed by atoms with Crippen LogP contribution in [-0.4, -0.2) is 18.7 Å². The fourth-order valence-corrected chi connectivity index (χ4v) is 2.64. The van der Waals surface area contributed by atoms with Crippen molar-refractivity contribution in [1.82, 2.24) is 5.43 Å². The van der Waals surface area contributed by atoms with E-state index in [4.69, 9.17) is 16.3 Å². The standard InChI is InChI=1S/C20H17ClN2O2/c1-14-10-18(21)8-9-19(14)25-13-20(24)23-22-12-15-6-7-16-4-2-3-5-17(16)11-15/h2-12H,13H2,1H3,(H,23,24)/b22-12+. The first-order valence-corrected chi connectivity index (χ1v) is 8.19. The monoisotopic (exact) mass is 352 g/mol. The topological polar surface area (TPSA) is 50.7 Å². The molecule has 0 saturated carbocycles. The van der Waals surface area contributed by atoms with Gasteiger partial charge in [-0.05, 0) is 53.1 Å². The maximum atomic E-state index is 11.8. The van der Waals surface area contributed by atoms with Crippen molar-refractivity contribution in [2.45, 2.75) is 6.92 Å². The lowest BCUT2D eigenvalue weighted by atomic mass is 10.1. The Morgan fingerprint density at radius 3 is 2.72 bits per heavy atom. The number of hydrazone groups is 1. The minimum Gasteiger partial charge on any atom is -0.483 e. The summed E-state index contributed by atoms with van der Waals surface area (Å²) in [5.74, 6) is 0.296. The van der Waals surface area contributed by atoms with Gasteiger partial charge >= 0.3 is 0 Å². The summed E-state index contributed by atoms with van der Waals surface area (Å²) in [6, 6.07) is 19.3. The fraction of sp³-hybridized carbons (Fsp3) is 0.100. The lowest BCUT2D eigenvalue weighted by Crippen LogP contribution is -2.24. The van der Waals surface area contributed by atoms with Crippen LogP contribution in [-0.2, 0) is 4.79 Å². The molecule has 0 heterocycles. The number of hydrogen-bond donors (Lipinski definition) is 1. The lowest BCUT2D eigenvalue weighted by molar-refractivity contribution is -0.123. The van der Waals surface area contributed by atoms with Gasteiger partial charge in [-0.2, -0.15) is 5.10 Å². The van der Waals surface area contributed by atoms with Crippen molar-refractivity contribution in [2.75, 3.05) is 6.61 Å². The van der Waals surface area contributed by atoms with E-state index < -0.39 is 0 Å². The Labute approximate surface area is 151 Å². The van der Waals surface area contributed by atoms with Gasteiger partial charge < -0.3 is 4.74 Å². The molecule has 3 rings (SSSR count). The van der Waals surface area contributed by atoms with Crippen LogP contribution in [0.25, 0.3) is 10.8 Å². The van der Waals surface area contributed by atoms with Gasteiger partial charge in [-0.1, -0.05) is 48.0 Å². The largest absolute Gasteiger partial charge is 0.483 e. The van der Waals surface area contributed by atoms with Crippen LogP contribution < -0.4 is 10.2 Å². The molecule has 1 N–H and O–H groups in total. The Morgan fingerprint density at radius 2 is 1.92 bits per heavy atom. The number of carbonyl (C=O) groups excluding carboxylic acids is 1. The van der Waals surface area contributed by atoms with Crippen molar-refractivity contribution in [1.29, 1.82) is 0 Å². The van der Waals surface area contributed by atoms with Gasteiger partial charge in [0.25, 0.3) is 5.91 Å². The highest BCUT2D eigenvalue weighted by atomic mass is 35.5. The minimum absolute atomic E-state index is 0.114. The van der Waals surface area contributed by atoms with Crippen LogP contribution >= 0.6 is 11.6 Å². The molecule has 5 heteroatoms. The molecule has 1 amide bonds. The molecule has 0 atom stereocenters. The van der Waals surface area contributed by atoms with E-state index in [-0.39, 0.29) is 12.5 Å². The molecule has 0 unspecified atom stereocenters. The number of hydrogen-bond acceptors (Lipinski definition) is 3. The summed E-state index contributed by atoms with van der Waals surface area (Å²) in [7, 11) is 0. The predicted octanol–water partition coefficient (Wildman–Crippen LogP) is 4.33. The van der Waals surface area contributed by atoms with Crippen LogP contribution in [0.15, 0.2) is 65.8 Å². The molecule has 0 aliphatic heterocycles. The SMILES string of the molecule is Cc1cc(Cl)ccc1OCC(=O)N/N=C/c1ccc2ccccc2c1. The average Bonchev–Trinajstić information content (AvgIpc) is 2.61. The molecule has 0 saturated heterocycles. The normalized spacial score (nSPS) is 11.0. The summed E-state index contributed by atoms with van der Waals surface area (Å²) in [4.78, 5) is 11.8. The second-order valence-corrected chi connectivity index (χ2v) is 6.03. The molecule has 3 aromatic rings. The Kier molecular flexibility index (Phi) is 5.31. The van der Waals surface area contributed by atoms with E-state index in [1.807, 2.05) is 49.4 Å². The highest BCUT2D eigenvalue weighted by Crippen LogP contribution is 2.21. The predicted molar refractivity (Wildman–Crippen MR) is 101 cm³/mol. The Bertz CT molecular complexity index is 938. The zero-order valence-electron chi connectivity index (χ0n) is 13.7. The third kappa shape index (κ3) is 4.58. The number of halogens is 1. The molecule has 0 aliphatic rings. The molecule has 0 aromatic heterocycles. The quantitative estimate of drug-likeness (QED) is 0.549. The first kappa shape index (κ1) is 17.0. The number of fused-ring (bicyclic) bond motifs is 1. The molecule has 3 aromatic carbocycles. The van der Waals surface area contributed by atoms with Crippen LogP contribution in [0.3, 0.4) is 0 Å². The number of nitrogens with zero attached hydrogens (tertiary/aromatic N) is 1. The van der Waals surface area contributed by atoms with Gasteiger partial charge in [-0.15, -0.1) is 0 Å². The van der Waals surface area contributed by atoms with Gasteiger partial charge in [0.05, 0.1) is 6.21 Å². The molecule has 25 heavy (non-hydrogen) atoms. The van der Waals surface area contributed by atoms with Crippen molar-refractivity contribution < 1.29 is 9.53 Å². The van der Waals surface area contributed by atoms with E-state index in [2.05, 4.69) is 10.5 Å². The second-order valence-electron chi connectivity index (χ2n) is 5.60. The highest BCUT2D eigenvalue weighted by Gasteiger charge is 2.04. The van der Waals surface area contributed by atoms with E-state index in [1.165, 1.54) is 0 Å². The molecule has 0 bridgehead atoms. The molecular weight excluding hydrogens is 336 g/mol. The van der Waals surface area contributed by atoms with E-state index >= 15 is 0 Å². The molecule has 0 fully saturated rings. The number of ether oxygens (including phenoxy) is 1. The second kappa shape index (κ2) is 7.81. The number of benzene rings is 3. The van der Waals surface area contributed by atoms with Crippen molar-refractivity contribution in [3.63, 3.8) is 0 Å². The van der Waals surface area contributed by atoms with Gasteiger partial charge in [-0.25, -0.2) is 5.43 Å². The molecule has 0 radical (unpaired) electrons. The van der Waals surface area contributed by atoms with Crippen LogP contribution in [0, 0.1) is 6.92 Å². The van der Waals surface area contributed by atoms with E-state index in [9.17, 15) is 4.79 Å². The molecule has 0 aliphatic carbocycles. The lowest BCUT2D eigenvalue weighted by Gasteiger charge is -2.08. The molecule has 126 valence electrons. The van der Waals surface area contributed by atoms with Crippen LogP contribution in [0.1, 0.15) is 11.1 Å².